The lowest BCUT2D eigenvalue weighted by Crippen LogP contribution is -2.66. The van der Waals surface area contributed by atoms with Crippen molar-refractivity contribution in [3.63, 3.8) is 0 Å². The summed E-state index contributed by atoms with van der Waals surface area (Å²) in [5.41, 5.74) is -0.715. The van der Waals surface area contributed by atoms with E-state index in [1.165, 1.54) is 6.07 Å². The van der Waals surface area contributed by atoms with Crippen molar-refractivity contribution in [2.24, 2.45) is 5.41 Å². The summed E-state index contributed by atoms with van der Waals surface area (Å²) in [5, 5.41) is 2.65. The molecular weight excluding hydrogens is 348 g/mol. The van der Waals surface area contributed by atoms with Crippen LogP contribution in [0.15, 0.2) is 22.7 Å². The van der Waals surface area contributed by atoms with Crippen molar-refractivity contribution in [1.29, 1.82) is 0 Å². The van der Waals surface area contributed by atoms with E-state index in [0.717, 1.165) is 11.3 Å². The van der Waals surface area contributed by atoms with E-state index in [2.05, 4.69) is 21.2 Å². The van der Waals surface area contributed by atoms with Crippen molar-refractivity contribution < 1.29 is 14.4 Å². The smallest absolute Gasteiger partial charge is 0.276 e. The highest BCUT2D eigenvalue weighted by atomic mass is 79.9. The molecule has 1 saturated heterocycles. The Morgan fingerprint density at radius 2 is 1.95 bits per heavy atom. The largest absolute Gasteiger partial charge is 0.335 e. The highest BCUT2D eigenvalue weighted by molar-refractivity contribution is 9.10. The Morgan fingerprint density at radius 3 is 2.50 bits per heavy atom. The van der Waals surface area contributed by atoms with Gasteiger partial charge < -0.3 is 0 Å². The average Bonchev–Trinajstić information content (AvgIpc) is 2.31. The SMILES string of the molecule is O=C1NC(=O)C2(CCC2)C(=O)N1c1ccc(Br)c(Cl)c1. The molecule has 5 nitrogen and oxygen atoms in total. The van der Waals surface area contributed by atoms with Crippen molar-refractivity contribution >= 4 is 51.1 Å². The molecule has 0 radical (unpaired) electrons. The predicted molar refractivity (Wildman–Crippen MR) is 76.5 cm³/mol. The maximum atomic E-state index is 12.5. The molecule has 104 valence electrons. The fourth-order valence-electron chi connectivity index (χ4n) is 2.51. The van der Waals surface area contributed by atoms with Gasteiger partial charge in [0.25, 0.3) is 5.91 Å². The Bertz CT molecular complexity index is 643. The fraction of sp³-hybridized carbons (Fsp3) is 0.308. The summed E-state index contributed by atoms with van der Waals surface area (Å²) >= 11 is 9.24. The first-order valence-electron chi connectivity index (χ1n) is 6.11. The van der Waals surface area contributed by atoms with E-state index in [4.69, 9.17) is 11.6 Å². The van der Waals surface area contributed by atoms with Crippen LogP contribution in [-0.2, 0) is 9.59 Å². The molecule has 0 unspecified atom stereocenters. The number of hydrogen-bond donors (Lipinski definition) is 1. The zero-order valence-corrected chi connectivity index (χ0v) is 12.6. The second-order valence-electron chi connectivity index (χ2n) is 4.93. The third kappa shape index (κ3) is 1.78. The number of amides is 4. The summed E-state index contributed by atoms with van der Waals surface area (Å²) < 4.78 is 0.669. The highest BCUT2D eigenvalue weighted by Gasteiger charge is 2.57. The quantitative estimate of drug-likeness (QED) is 0.786. The predicted octanol–water partition coefficient (Wildman–Crippen LogP) is 2.86. The van der Waals surface area contributed by atoms with Crippen molar-refractivity contribution in [2.75, 3.05) is 4.90 Å². The van der Waals surface area contributed by atoms with Crippen LogP contribution in [-0.4, -0.2) is 17.8 Å². The van der Waals surface area contributed by atoms with Crippen LogP contribution in [0.1, 0.15) is 19.3 Å². The Hall–Kier alpha value is -1.40. The highest BCUT2D eigenvalue weighted by Crippen LogP contribution is 2.45. The molecule has 1 spiro atoms. The second-order valence-corrected chi connectivity index (χ2v) is 6.20. The van der Waals surface area contributed by atoms with Crippen molar-refractivity contribution in [3.05, 3.63) is 27.7 Å². The van der Waals surface area contributed by atoms with Crippen LogP contribution in [0, 0.1) is 5.41 Å². The molecule has 7 heteroatoms. The lowest BCUT2D eigenvalue weighted by Gasteiger charge is -2.44. The molecule has 1 aromatic rings. The van der Waals surface area contributed by atoms with Gasteiger partial charge in [0.15, 0.2) is 0 Å². The molecule has 1 N–H and O–H groups in total. The van der Waals surface area contributed by atoms with Gasteiger partial charge in [-0.25, -0.2) is 9.69 Å². The number of benzene rings is 1. The van der Waals surface area contributed by atoms with E-state index >= 15 is 0 Å². The number of hydrogen-bond acceptors (Lipinski definition) is 3. The number of urea groups is 1. The molecule has 1 aliphatic heterocycles. The fourth-order valence-corrected chi connectivity index (χ4v) is 2.93. The van der Waals surface area contributed by atoms with Crippen LogP contribution in [0.3, 0.4) is 0 Å². The Balaban J connectivity index is 2.03. The number of carbonyl (C=O) groups excluding carboxylic acids is 3. The third-order valence-electron chi connectivity index (χ3n) is 3.84. The summed E-state index contributed by atoms with van der Waals surface area (Å²) in [6.45, 7) is 0. The first-order chi connectivity index (χ1) is 9.45. The van der Waals surface area contributed by atoms with E-state index in [9.17, 15) is 14.4 Å². The normalized spacial score (nSPS) is 20.9. The Labute approximate surface area is 128 Å². The monoisotopic (exact) mass is 356 g/mol. The van der Waals surface area contributed by atoms with E-state index in [1.54, 1.807) is 12.1 Å². The van der Waals surface area contributed by atoms with Crippen LogP contribution in [0.25, 0.3) is 0 Å². The number of imide groups is 2. The lowest BCUT2D eigenvalue weighted by atomic mass is 9.66. The molecule has 0 bridgehead atoms. The second kappa shape index (κ2) is 4.56. The van der Waals surface area contributed by atoms with Gasteiger partial charge in [0.1, 0.15) is 5.41 Å². The molecule has 1 aliphatic carbocycles. The molecule has 1 heterocycles. The number of nitrogens with zero attached hydrogens (tertiary/aromatic N) is 1. The number of barbiturate groups is 1. The molecule has 2 fully saturated rings. The molecule has 4 amide bonds. The summed E-state index contributed by atoms with van der Waals surface area (Å²) in [6.07, 6.45) is 1.76. The van der Waals surface area contributed by atoms with E-state index in [-0.39, 0.29) is 0 Å². The number of anilines is 1. The number of nitrogens with one attached hydrogen (secondary N) is 1. The Morgan fingerprint density at radius 1 is 1.25 bits per heavy atom. The molecule has 1 saturated carbocycles. The van der Waals surface area contributed by atoms with Crippen LogP contribution in [0.5, 0.6) is 0 Å². The number of rotatable bonds is 1. The van der Waals surface area contributed by atoms with Gasteiger partial charge in [0, 0.05) is 4.47 Å². The van der Waals surface area contributed by atoms with Crippen LogP contribution < -0.4 is 10.2 Å². The van der Waals surface area contributed by atoms with Crippen LogP contribution in [0.4, 0.5) is 10.5 Å². The van der Waals surface area contributed by atoms with Gasteiger partial charge in [0.05, 0.1) is 10.7 Å². The average molecular weight is 358 g/mol. The van der Waals surface area contributed by atoms with Gasteiger partial charge in [-0.05, 0) is 47.0 Å². The molecule has 0 atom stereocenters. The summed E-state index contributed by atoms with van der Waals surface area (Å²) in [5.74, 6) is -0.950. The molecule has 2 aliphatic rings. The van der Waals surface area contributed by atoms with Gasteiger partial charge in [-0.1, -0.05) is 18.0 Å². The van der Waals surface area contributed by atoms with Gasteiger partial charge in [-0.2, -0.15) is 0 Å². The zero-order chi connectivity index (χ0) is 14.5. The maximum absolute atomic E-state index is 12.5. The topological polar surface area (TPSA) is 66.5 Å². The van der Waals surface area contributed by atoms with Crippen molar-refractivity contribution in [1.82, 2.24) is 5.32 Å². The van der Waals surface area contributed by atoms with Crippen LogP contribution >= 0.6 is 27.5 Å². The lowest BCUT2D eigenvalue weighted by molar-refractivity contribution is -0.148. The van der Waals surface area contributed by atoms with Crippen LogP contribution in [0.2, 0.25) is 5.02 Å². The van der Waals surface area contributed by atoms with Gasteiger partial charge in [-0.15, -0.1) is 0 Å². The summed E-state index contributed by atoms with van der Waals surface area (Å²) in [4.78, 5) is 37.4. The van der Waals surface area contributed by atoms with Gasteiger partial charge in [0.2, 0.25) is 5.91 Å². The maximum Gasteiger partial charge on any atom is 0.335 e. The van der Waals surface area contributed by atoms with E-state index < -0.39 is 23.3 Å². The molecule has 1 aromatic carbocycles. The van der Waals surface area contributed by atoms with E-state index in [0.29, 0.717) is 28.0 Å². The molecule has 0 aromatic heterocycles. The number of carbonyl (C=O) groups is 3. The first-order valence-corrected chi connectivity index (χ1v) is 7.28. The minimum Gasteiger partial charge on any atom is -0.276 e. The van der Waals surface area contributed by atoms with Crippen molar-refractivity contribution in [2.45, 2.75) is 19.3 Å². The Kier molecular flexibility index (Phi) is 3.10. The number of halogens is 2. The van der Waals surface area contributed by atoms with Gasteiger partial charge >= 0.3 is 6.03 Å². The minimum atomic E-state index is -1.08. The first kappa shape index (κ1) is 13.6. The van der Waals surface area contributed by atoms with Crippen molar-refractivity contribution in [3.8, 4) is 0 Å². The molecular formula is C13H10BrClN2O3. The third-order valence-corrected chi connectivity index (χ3v) is 5.07. The minimum absolute atomic E-state index is 0.361. The van der Waals surface area contributed by atoms with E-state index in [1.807, 2.05) is 0 Å². The summed E-state index contributed by atoms with van der Waals surface area (Å²) in [6, 6.07) is 4.05. The zero-order valence-electron chi connectivity index (χ0n) is 10.3. The molecule has 20 heavy (non-hydrogen) atoms. The van der Waals surface area contributed by atoms with Gasteiger partial charge in [-0.3, -0.25) is 14.9 Å². The standard InChI is InChI=1S/C13H10BrClN2O3/c14-8-3-2-7(6-9(8)15)17-11(19)13(4-1-5-13)10(18)16-12(17)20/h2-3,6H,1,4-5H2,(H,16,18,20). The summed E-state index contributed by atoms with van der Waals surface area (Å²) in [7, 11) is 0. The molecule has 3 rings (SSSR count).